The summed E-state index contributed by atoms with van der Waals surface area (Å²) in [6.45, 7) is 2.71. The molecule has 1 aliphatic rings. The van der Waals surface area contributed by atoms with Gasteiger partial charge in [0.05, 0.1) is 28.5 Å². The summed E-state index contributed by atoms with van der Waals surface area (Å²) >= 11 is 3.57. The Morgan fingerprint density at radius 2 is 1.77 bits per heavy atom. The molecule has 0 amide bonds. The van der Waals surface area contributed by atoms with Crippen molar-refractivity contribution in [1.82, 2.24) is 0 Å². The van der Waals surface area contributed by atoms with Gasteiger partial charge in [-0.3, -0.25) is 5.01 Å². The number of anilines is 1. The van der Waals surface area contributed by atoms with E-state index >= 15 is 0 Å². The van der Waals surface area contributed by atoms with Gasteiger partial charge in [0.2, 0.25) is 0 Å². The highest BCUT2D eigenvalue weighted by atomic mass is 79.9. The number of aromatic hydroxyl groups is 2. The summed E-state index contributed by atoms with van der Waals surface area (Å²) in [5.41, 5.74) is 3.11. The van der Waals surface area contributed by atoms with E-state index in [2.05, 4.69) is 22.9 Å². The molecule has 5 nitrogen and oxygen atoms in total. The fraction of sp³-hybridized carbons (Fsp3) is 0.240. The van der Waals surface area contributed by atoms with Gasteiger partial charge in [-0.25, -0.2) is 0 Å². The van der Waals surface area contributed by atoms with E-state index in [-0.39, 0.29) is 17.5 Å². The van der Waals surface area contributed by atoms with Crippen LogP contribution in [0.25, 0.3) is 0 Å². The molecule has 0 fully saturated rings. The number of rotatable bonds is 7. The maximum absolute atomic E-state index is 10.8. The first-order chi connectivity index (χ1) is 15.1. The molecular formula is C25H25BrN2O3. The molecule has 2 N–H and O–H groups in total. The van der Waals surface area contributed by atoms with Crippen molar-refractivity contribution >= 4 is 27.3 Å². The molecule has 0 aliphatic carbocycles. The largest absolute Gasteiger partial charge is 0.508 e. The zero-order chi connectivity index (χ0) is 21.8. The van der Waals surface area contributed by atoms with Crippen molar-refractivity contribution in [2.45, 2.75) is 32.2 Å². The quantitative estimate of drug-likeness (QED) is 0.384. The van der Waals surface area contributed by atoms with Crippen molar-refractivity contribution in [2.24, 2.45) is 5.10 Å². The summed E-state index contributed by atoms with van der Waals surface area (Å²) < 4.78 is 6.56. The van der Waals surface area contributed by atoms with E-state index in [1.165, 1.54) is 0 Å². The first-order valence-corrected chi connectivity index (χ1v) is 11.2. The van der Waals surface area contributed by atoms with E-state index in [0.29, 0.717) is 24.3 Å². The molecule has 31 heavy (non-hydrogen) atoms. The zero-order valence-electron chi connectivity index (χ0n) is 17.3. The van der Waals surface area contributed by atoms with Crippen molar-refractivity contribution in [3.8, 4) is 17.2 Å². The lowest BCUT2D eigenvalue weighted by atomic mass is 9.97. The first-order valence-electron chi connectivity index (χ1n) is 10.4. The predicted octanol–water partition coefficient (Wildman–Crippen LogP) is 6.39. The van der Waals surface area contributed by atoms with Crippen LogP contribution in [-0.2, 0) is 0 Å². The number of halogens is 1. The number of phenolic OH excluding ortho intramolecular Hbond substituents is 2. The van der Waals surface area contributed by atoms with Gasteiger partial charge in [0.15, 0.2) is 0 Å². The lowest BCUT2D eigenvalue weighted by Gasteiger charge is -2.24. The Hall–Kier alpha value is -2.99. The van der Waals surface area contributed by atoms with Crippen LogP contribution in [0.4, 0.5) is 5.69 Å². The Bertz CT molecular complexity index is 1090. The summed E-state index contributed by atoms with van der Waals surface area (Å²) in [6.07, 6.45) is 2.54. The Labute approximate surface area is 190 Å². The van der Waals surface area contributed by atoms with Crippen LogP contribution in [0.15, 0.2) is 76.3 Å². The number of unbranched alkanes of at least 4 members (excludes halogenated alkanes) is 1. The molecule has 1 atom stereocenters. The lowest BCUT2D eigenvalue weighted by Crippen LogP contribution is -2.18. The molecule has 1 heterocycles. The molecule has 1 aliphatic heterocycles. The molecule has 0 spiro atoms. The van der Waals surface area contributed by atoms with Crippen LogP contribution < -0.4 is 9.75 Å². The van der Waals surface area contributed by atoms with E-state index in [1.807, 2.05) is 59.6 Å². The third kappa shape index (κ3) is 4.54. The fourth-order valence-electron chi connectivity index (χ4n) is 3.71. The Morgan fingerprint density at radius 1 is 1.03 bits per heavy atom. The molecule has 0 bridgehead atoms. The highest BCUT2D eigenvalue weighted by Crippen LogP contribution is 2.42. The summed E-state index contributed by atoms with van der Waals surface area (Å²) in [5.74, 6) is 0.972. The monoisotopic (exact) mass is 480 g/mol. The standard InChI is InChI=1S/C25H25BrN2O3/c1-2-3-13-31-25-16-24(30)19(14-20(25)26)21-15-22(18-11-7-8-12-23(18)29)28(27-21)17-9-5-4-6-10-17/h4-12,14,16,22,29-30H,2-3,13,15H2,1H3. The second kappa shape index (κ2) is 9.43. The van der Waals surface area contributed by atoms with Crippen molar-refractivity contribution in [3.05, 3.63) is 82.3 Å². The minimum atomic E-state index is -0.183. The normalized spacial score (nSPS) is 15.7. The second-order valence-corrected chi connectivity index (χ2v) is 8.36. The van der Waals surface area contributed by atoms with Gasteiger partial charge in [-0.2, -0.15) is 5.10 Å². The zero-order valence-corrected chi connectivity index (χ0v) is 18.9. The van der Waals surface area contributed by atoms with Gasteiger partial charge in [0.25, 0.3) is 0 Å². The lowest BCUT2D eigenvalue weighted by molar-refractivity contribution is 0.305. The molecule has 3 aromatic rings. The minimum absolute atomic E-state index is 0.124. The average Bonchev–Trinajstić information content (AvgIpc) is 3.22. The van der Waals surface area contributed by atoms with Crippen molar-refractivity contribution in [3.63, 3.8) is 0 Å². The van der Waals surface area contributed by atoms with Gasteiger partial charge in [0.1, 0.15) is 17.2 Å². The Kier molecular flexibility index (Phi) is 6.47. The van der Waals surface area contributed by atoms with Gasteiger partial charge >= 0.3 is 0 Å². The van der Waals surface area contributed by atoms with Gasteiger partial charge in [-0.15, -0.1) is 0 Å². The summed E-state index contributed by atoms with van der Waals surface area (Å²) in [4.78, 5) is 0. The number of hydrazone groups is 1. The second-order valence-electron chi connectivity index (χ2n) is 7.51. The molecule has 0 saturated carbocycles. The number of ether oxygens (including phenoxy) is 1. The van der Waals surface area contributed by atoms with E-state index in [1.54, 1.807) is 12.1 Å². The Morgan fingerprint density at radius 3 is 2.52 bits per heavy atom. The topological polar surface area (TPSA) is 65.3 Å². The van der Waals surface area contributed by atoms with E-state index in [0.717, 1.165) is 34.3 Å². The van der Waals surface area contributed by atoms with Crippen LogP contribution in [0.5, 0.6) is 17.2 Å². The van der Waals surface area contributed by atoms with Crippen molar-refractivity contribution in [1.29, 1.82) is 0 Å². The van der Waals surface area contributed by atoms with E-state index in [4.69, 9.17) is 9.84 Å². The molecule has 0 aromatic heterocycles. The van der Waals surface area contributed by atoms with Crippen molar-refractivity contribution in [2.75, 3.05) is 11.6 Å². The van der Waals surface area contributed by atoms with Crippen LogP contribution in [0.1, 0.15) is 43.4 Å². The molecule has 0 saturated heterocycles. The minimum Gasteiger partial charge on any atom is -0.508 e. The highest BCUT2D eigenvalue weighted by molar-refractivity contribution is 9.10. The van der Waals surface area contributed by atoms with Gasteiger partial charge in [-0.1, -0.05) is 49.7 Å². The molecule has 4 rings (SSSR count). The summed E-state index contributed by atoms with van der Waals surface area (Å²) in [5, 5.41) is 28.0. The summed E-state index contributed by atoms with van der Waals surface area (Å²) in [6, 6.07) is 20.5. The number of para-hydroxylation sites is 2. The number of nitrogens with zero attached hydrogens (tertiary/aromatic N) is 2. The van der Waals surface area contributed by atoms with E-state index < -0.39 is 0 Å². The molecule has 3 aromatic carbocycles. The number of hydrogen-bond acceptors (Lipinski definition) is 5. The average molecular weight is 481 g/mol. The maximum atomic E-state index is 10.8. The Balaban J connectivity index is 1.70. The number of hydrogen-bond donors (Lipinski definition) is 2. The van der Waals surface area contributed by atoms with Gasteiger partial charge < -0.3 is 14.9 Å². The third-order valence-corrected chi connectivity index (χ3v) is 5.96. The van der Waals surface area contributed by atoms with Crippen LogP contribution in [0.3, 0.4) is 0 Å². The fourth-order valence-corrected chi connectivity index (χ4v) is 4.17. The third-order valence-electron chi connectivity index (χ3n) is 5.34. The molecule has 1 unspecified atom stereocenters. The van der Waals surface area contributed by atoms with Crippen LogP contribution >= 0.6 is 15.9 Å². The summed E-state index contributed by atoms with van der Waals surface area (Å²) in [7, 11) is 0. The van der Waals surface area contributed by atoms with Crippen LogP contribution in [0.2, 0.25) is 0 Å². The molecule has 6 heteroatoms. The first kappa shape index (κ1) is 21.2. The van der Waals surface area contributed by atoms with E-state index in [9.17, 15) is 10.2 Å². The predicted molar refractivity (Wildman–Crippen MR) is 127 cm³/mol. The molecule has 0 radical (unpaired) electrons. The number of benzene rings is 3. The van der Waals surface area contributed by atoms with Crippen LogP contribution in [0, 0.1) is 0 Å². The molecular weight excluding hydrogens is 456 g/mol. The maximum Gasteiger partial charge on any atom is 0.137 e. The van der Waals surface area contributed by atoms with Crippen molar-refractivity contribution < 1.29 is 14.9 Å². The number of phenols is 2. The molecule has 160 valence electrons. The van der Waals surface area contributed by atoms with Crippen LogP contribution in [-0.4, -0.2) is 22.5 Å². The highest BCUT2D eigenvalue weighted by Gasteiger charge is 2.32. The van der Waals surface area contributed by atoms with Gasteiger partial charge in [0, 0.05) is 23.6 Å². The smallest absolute Gasteiger partial charge is 0.137 e. The SMILES string of the molecule is CCCCOc1cc(O)c(C2=NN(c3ccccc3)C(c3ccccc3O)C2)cc1Br. The van der Waals surface area contributed by atoms with Gasteiger partial charge in [-0.05, 0) is 46.6 Å².